The first-order valence-corrected chi connectivity index (χ1v) is 12.2. The van der Waals surface area contributed by atoms with Gasteiger partial charge in [0.25, 0.3) is 10.0 Å². The lowest BCUT2D eigenvalue weighted by molar-refractivity contribution is -0.275. The number of benzene rings is 2. The zero-order valence-electron chi connectivity index (χ0n) is 19.4. The van der Waals surface area contributed by atoms with E-state index in [-0.39, 0.29) is 5.52 Å². The third-order valence-corrected chi connectivity index (χ3v) is 6.79. The van der Waals surface area contributed by atoms with Crippen molar-refractivity contribution < 1.29 is 31.1 Å². The maximum absolute atomic E-state index is 13.3. The number of alkyl halides is 3. The zero-order chi connectivity index (χ0) is 25.9. The summed E-state index contributed by atoms with van der Waals surface area (Å²) >= 11 is 0. The van der Waals surface area contributed by atoms with Crippen molar-refractivity contribution in [2.75, 3.05) is 32.6 Å². The number of fused-ring (bicyclic) bond motifs is 1. The Labute approximate surface area is 205 Å². The summed E-state index contributed by atoms with van der Waals surface area (Å²) in [5, 5.41) is 3.59. The van der Waals surface area contributed by atoms with Gasteiger partial charge in [0.1, 0.15) is 28.8 Å². The molecule has 0 bridgehead atoms. The number of hydrogen-bond donors (Lipinski definition) is 1. The van der Waals surface area contributed by atoms with E-state index in [1.165, 1.54) is 36.7 Å². The molecule has 36 heavy (non-hydrogen) atoms. The molecule has 2 aromatic heterocycles. The monoisotopic (exact) mass is 520 g/mol. The van der Waals surface area contributed by atoms with E-state index in [9.17, 15) is 21.6 Å². The molecule has 0 aliphatic heterocycles. The minimum Gasteiger partial charge on any atom is -0.492 e. The fraction of sp³-hybridized carbons (Fsp3) is 0.208. The lowest BCUT2D eigenvalue weighted by atomic mass is 10.3. The fourth-order valence-corrected chi connectivity index (χ4v) is 4.88. The standard InChI is InChI=1S/C24H23F3N4O4S/c1-30(2)12-13-34-19-7-5-6-18(14-19)29-23-15-20-17(16-28-23)10-11-31(20)36(32,33)22-9-4-3-8-21(22)35-24(25,26)27/h3-11,14-16H,12-13H2,1-2H3,(H,28,29). The topological polar surface area (TPSA) is 85.7 Å². The zero-order valence-corrected chi connectivity index (χ0v) is 20.2. The third-order valence-electron chi connectivity index (χ3n) is 5.06. The highest BCUT2D eigenvalue weighted by atomic mass is 32.2. The van der Waals surface area contributed by atoms with E-state index in [0.717, 1.165) is 22.6 Å². The van der Waals surface area contributed by atoms with Crippen LogP contribution in [0.4, 0.5) is 24.7 Å². The molecule has 4 rings (SSSR count). The van der Waals surface area contributed by atoms with Crippen LogP contribution < -0.4 is 14.8 Å². The lowest BCUT2D eigenvalue weighted by Gasteiger charge is -2.15. The summed E-state index contributed by atoms with van der Waals surface area (Å²) < 4.78 is 75.8. The number of aromatic nitrogens is 2. The van der Waals surface area contributed by atoms with Gasteiger partial charge in [0.15, 0.2) is 0 Å². The van der Waals surface area contributed by atoms with Gasteiger partial charge in [-0.15, -0.1) is 13.2 Å². The van der Waals surface area contributed by atoms with E-state index in [4.69, 9.17) is 4.74 Å². The van der Waals surface area contributed by atoms with Crippen molar-refractivity contribution in [1.82, 2.24) is 13.9 Å². The highest BCUT2D eigenvalue weighted by Crippen LogP contribution is 2.33. The van der Waals surface area contributed by atoms with E-state index >= 15 is 0 Å². The number of ether oxygens (including phenoxy) is 2. The van der Waals surface area contributed by atoms with Crippen LogP contribution >= 0.6 is 0 Å². The third kappa shape index (κ3) is 5.89. The first-order valence-electron chi connectivity index (χ1n) is 10.7. The second-order valence-electron chi connectivity index (χ2n) is 8.04. The summed E-state index contributed by atoms with van der Waals surface area (Å²) in [4.78, 5) is 5.69. The van der Waals surface area contributed by atoms with Gasteiger partial charge in [0.2, 0.25) is 0 Å². The summed E-state index contributed by atoms with van der Waals surface area (Å²) in [5.74, 6) is 0.170. The van der Waals surface area contributed by atoms with Crippen LogP contribution in [0.3, 0.4) is 0 Å². The second-order valence-corrected chi connectivity index (χ2v) is 9.83. The predicted molar refractivity (Wildman–Crippen MR) is 129 cm³/mol. The van der Waals surface area contributed by atoms with Crippen LogP contribution in [0.5, 0.6) is 11.5 Å². The first-order chi connectivity index (χ1) is 17.0. The van der Waals surface area contributed by atoms with Crippen LogP contribution in [0.2, 0.25) is 0 Å². The Balaban J connectivity index is 1.64. The predicted octanol–water partition coefficient (Wildman–Crippen LogP) is 4.86. The molecule has 4 aromatic rings. The highest BCUT2D eigenvalue weighted by Gasteiger charge is 2.34. The molecule has 8 nitrogen and oxygen atoms in total. The Kier molecular flexibility index (Phi) is 7.09. The van der Waals surface area contributed by atoms with Gasteiger partial charge in [-0.25, -0.2) is 17.4 Å². The molecule has 2 aromatic carbocycles. The van der Waals surface area contributed by atoms with Crippen molar-refractivity contribution >= 4 is 32.4 Å². The van der Waals surface area contributed by atoms with Gasteiger partial charge in [-0.05, 0) is 44.4 Å². The van der Waals surface area contributed by atoms with Crippen LogP contribution in [-0.4, -0.2) is 55.9 Å². The number of rotatable bonds is 9. The Hall–Kier alpha value is -3.77. The second kappa shape index (κ2) is 10.1. The Morgan fingerprint density at radius 2 is 1.83 bits per heavy atom. The fourth-order valence-electron chi connectivity index (χ4n) is 3.42. The van der Waals surface area contributed by atoms with Crippen molar-refractivity contribution in [3.63, 3.8) is 0 Å². The average molecular weight is 521 g/mol. The molecule has 0 aliphatic rings. The van der Waals surface area contributed by atoms with Crippen molar-refractivity contribution in [1.29, 1.82) is 0 Å². The molecular weight excluding hydrogens is 497 g/mol. The summed E-state index contributed by atoms with van der Waals surface area (Å²) in [6.07, 6.45) is -2.32. The van der Waals surface area contributed by atoms with Crippen LogP contribution in [0.1, 0.15) is 0 Å². The average Bonchev–Trinajstić information content (AvgIpc) is 3.22. The molecular formula is C24H23F3N4O4S. The maximum Gasteiger partial charge on any atom is 0.573 e. The molecule has 190 valence electrons. The SMILES string of the molecule is CN(C)CCOc1cccc(Nc2cc3c(ccn3S(=O)(=O)c3ccccc3OC(F)(F)F)cn2)c1. The van der Waals surface area contributed by atoms with Gasteiger partial charge in [-0.3, -0.25) is 0 Å². The number of likely N-dealkylation sites (N-methyl/N-ethyl adjacent to an activating group) is 1. The van der Waals surface area contributed by atoms with Crippen molar-refractivity contribution in [3.05, 3.63) is 73.1 Å². The highest BCUT2D eigenvalue weighted by molar-refractivity contribution is 7.90. The number of nitrogens with zero attached hydrogens (tertiary/aromatic N) is 3. The van der Waals surface area contributed by atoms with Crippen LogP contribution in [0.25, 0.3) is 10.9 Å². The molecule has 0 atom stereocenters. The normalized spacial score (nSPS) is 12.2. The van der Waals surface area contributed by atoms with Gasteiger partial charge in [0.05, 0.1) is 5.52 Å². The minimum absolute atomic E-state index is 0.229. The van der Waals surface area contributed by atoms with Crippen molar-refractivity contribution in [3.8, 4) is 11.5 Å². The lowest BCUT2D eigenvalue weighted by Crippen LogP contribution is -2.20. The van der Waals surface area contributed by atoms with Crippen molar-refractivity contribution in [2.45, 2.75) is 11.3 Å². The molecule has 0 unspecified atom stereocenters. The number of anilines is 2. The molecule has 2 heterocycles. The summed E-state index contributed by atoms with van der Waals surface area (Å²) in [6.45, 7) is 1.25. The summed E-state index contributed by atoms with van der Waals surface area (Å²) in [5.41, 5.74) is 0.891. The number of nitrogens with one attached hydrogen (secondary N) is 1. The molecule has 0 radical (unpaired) electrons. The molecule has 0 amide bonds. The Morgan fingerprint density at radius 3 is 2.58 bits per heavy atom. The largest absolute Gasteiger partial charge is 0.573 e. The van der Waals surface area contributed by atoms with E-state index in [1.807, 2.05) is 25.1 Å². The number of hydrogen-bond acceptors (Lipinski definition) is 7. The number of halogens is 3. The summed E-state index contributed by atoms with van der Waals surface area (Å²) in [7, 11) is -0.536. The molecule has 0 saturated heterocycles. The van der Waals surface area contributed by atoms with Gasteiger partial charge in [-0.1, -0.05) is 18.2 Å². The van der Waals surface area contributed by atoms with Crippen LogP contribution in [-0.2, 0) is 10.0 Å². The summed E-state index contributed by atoms with van der Waals surface area (Å²) in [6, 6.07) is 14.8. The van der Waals surface area contributed by atoms with E-state index in [1.54, 1.807) is 18.2 Å². The Morgan fingerprint density at radius 1 is 1.06 bits per heavy atom. The van der Waals surface area contributed by atoms with Gasteiger partial charge in [0, 0.05) is 42.1 Å². The van der Waals surface area contributed by atoms with Gasteiger partial charge < -0.3 is 19.7 Å². The van der Waals surface area contributed by atoms with Gasteiger partial charge >= 0.3 is 6.36 Å². The Bertz CT molecular complexity index is 1470. The van der Waals surface area contributed by atoms with E-state index < -0.39 is 27.0 Å². The molecule has 12 heteroatoms. The van der Waals surface area contributed by atoms with E-state index in [2.05, 4.69) is 15.0 Å². The van der Waals surface area contributed by atoms with Gasteiger partial charge in [-0.2, -0.15) is 0 Å². The number of para-hydroxylation sites is 1. The molecule has 0 saturated carbocycles. The van der Waals surface area contributed by atoms with E-state index in [0.29, 0.717) is 29.2 Å². The quantitative estimate of drug-likeness (QED) is 0.338. The molecule has 1 N–H and O–H groups in total. The molecule has 0 fully saturated rings. The molecule has 0 spiro atoms. The number of pyridine rings is 1. The van der Waals surface area contributed by atoms with Crippen LogP contribution in [0, 0.1) is 0 Å². The van der Waals surface area contributed by atoms with Crippen LogP contribution in [0.15, 0.2) is 78.0 Å². The first kappa shape index (κ1) is 25.3. The maximum atomic E-state index is 13.3. The smallest absolute Gasteiger partial charge is 0.492 e. The molecule has 0 aliphatic carbocycles. The minimum atomic E-state index is -5.05. The van der Waals surface area contributed by atoms with Crippen molar-refractivity contribution in [2.24, 2.45) is 0 Å².